The molecule has 0 fully saturated rings. The van der Waals surface area contributed by atoms with E-state index in [4.69, 9.17) is 0 Å². The van der Waals surface area contributed by atoms with Crippen LogP contribution >= 0.6 is 0 Å². The van der Waals surface area contributed by atoms with E-state index >= 15 is 0 Å². The molecular formula is C6H8Na2O6. The zero-order valence-electron chi connectivity index (χ0n) is 8.28. The van der Waals surface area contributed by atoms with Gasteiger partial charge >= 0.3 is 65.1 Å². The maximum Gasteiger partial charge on any atom is 1.00 e. The van der Waals surface area contributed by atoms with E-state index in [9.17, 15) is 19.8 Å². The number of carbonyl (C=O) groups is 2. The summed E-state index contributed by atoms with van der Waals surface area (Å²) in [4.78, 5) is 20.1. The van der Waals surface area contributed by atoms with Crippen molar-refractivity contribution < 1.29 is 88.4 Å². The van der Waals surface area contributed by atoms with E-state index in [-0.39, 0.29) is 78.7 Å². The molecule has 70 valence electrons. The molecule has 0 aliphatic carbocycles. The Balaban J connectivity index is -0.000000605. The minimum Gasteiger partial charge on any atom is -0.854 e. The van der Waals surface area contributed by atoms with Crippen molar-refractivity contribution in [2.45, 2.75) is 6.42 Å². The van der Waals surface area contributed by atoms with Gasteiger partial charge in [0, 0.05) is 6.42 Å². The predicted octanol–water partition coefficient (Wildman–Crippen LogP) is -8.35. The van der Waals surface area contributed by atoms with Gasteiger partial charge in [-0.05, 0) is 0 Å². The van der Waals surface area contributed by atoms with Crippen molar-refractivity contribution in [3.05, 3.63) is 0 Å². The molecule has 0 bridgehead atoms. The molecule has 14 heavy (non-hydrogen) atoms. The molecule has 8 heteroatoms. The zero-order chi connectivity index (χ0) is 9.40. The largest absolute Gasteiger partial charge is 1.00 e. The molecule has 0 spiro atoms. The molecule has 0 rings (SSSR count). The van der Waals surface area contributed by atoms with E-state index in [1.165, 1.54) is 0 Å². The molecule has 0 heterocycles. The minimum absolute atomic E-state index is 0. The maximum atomic E-state index is 10.4. The number of hydrogen-bond acceptors (Lipinski definition) is 6. The first-order chi connectivity index (χ1) is 5.66. The number of rotatable bonds is 5. The van der Waals surface area contributed by atoms with Crippen molar-refractivity contribution in [3.8, 4) is 0 Å². The monoisotopic (exact) mass is 222 g/mol. The second kappa shape index (κ2) is 13.7. The molecule has 0 aromatic heterocycles. The van der Waals surface area contributed by atoms with Crippen LogP contribution in [0.2, 0.25) is 0 Å². The van der Waals surface area contributed by atoms with Crippen LogP contribution in [0.1, 0.15) is 6.42 Å². The van der Waals surface area contributed by atoms with Crippen LogP contribution in [0, 0.1) is 0 Å². The Hall–Kier alpha value is 0.700. The topological polar surface area (TPSA) is 98.7 Å². The summed E-state index contributed by atoms with van der Waals surface area (Å²) >= 11 is 0. The van der Waals surface area contributed by atoms with Crippen LogP contribution in [0.3, 0.4) is 0 Å². The Kier molecular flexibility index (Phi) is 19.7. The van der Waals surface area contributed by atoms with Gasteiger partial charge < -0.3 is 24.5 Å². The van der Waals surface area contributed by atoms with Gasteiger partial charge in [0.05, 0.1) is 6.61 Å². The summed E-state index contributed by atoms with van der Waals surface area (Å²) in [6, 6.07) is 0. The Morgan fingerprint density at radius 2 is 1.57 bits per heavy atom. The van der Waals surface area contributed by atoms with Crippen LogP contribution in [0.15, 0.2) is 0 Å². The fourth-order valence-corrected chi connectivity index (χ4v) is 0.436. The molecule has 0 atom stereocenters. The molecule has 0 aliphatic rings. The molecule has 0 aromatic carbocycles. The molecule has 0 aromatic rings. The predicted molar refractivity (Wildman–Crippen MR) is 31.8 cm³/mol. The summed E-state index contributed by atoms with van der Waals surface area (Å²) < 4.78 is 8.30. The van der Waals surface area contributed by atoms with Crippen molar-refractivity contribution in [2.24, 2.45) is 0 Å². The van der Waals surface area contributed by atoms with Gasteiger partial charge in [0.1, 0.15) is 6.61 Å². The van der Waals surface area contributed by atoms with Gasteiger partial charge in [-0.15, -0.1) is 6.61 Å². The first-order valence-corrected chi connectivity index (χ1v) is 3.24. The van der Waals surface area contributed by atoms with E-state index in [0.717, 1.165) is 0 Å². The molecule has 0 amide bonds. The van der Waals surface area contributed by atoms with Gasteiger partial charge in [-0.1, -0.05) is 0 Å². The quantitative estimate of drug-likeness (QED) is 0.260. The van der Waals surface area contributed by atoms with Gasteiger partial charge in [-0.3, -0.25) is 4.79 Å². The molecule has 0 saturated heterocycles. The van der Waals surface area contributed by atoms with Gasteiger partial charge in [-0.2, -0.15) is 0 Å². The molecule has 6 nitrogen and oxygen atoms in total. The van der Waals surface area contributed by atoms with Crippen molar-refractivity contribution in [1.82, 2.24) is 0 Å². The van der Waals surface area contributed by atoms with Crippen LogP contribution in [-0.2, 0) is 14.3 Å². The Labute approximate surface area is 126 Å². The molecular weight excluding hydrogens is 214 g/mol. The summed E-state index contributed by atoms with van der Waals surface area (Å²) in [5, 5.41) is 19.5. The third kappa shape index (κ3) is 15.2. The molecule has 0 N–H and O–H groups in total. The van der Waals surface area contributed by atoms with Gasteiger partial charge in [0.15, 0.2) is 0 Å². The molecule has 0 unspecified atom stereocenters. The summed E-state index contributed by atoms with van der Waals surface area (Å²) in [6.45, 7) is -1.00. The number of hydrogen-bond donors (Lipinski definition) is 0. The van der Waals surface area contributed by atoms with E-state index in [2.05, 4.69) is 9.47 Å². The van der Waals surface area contributed by atoms with Crippen LogP contribution in [0.5, 0.6) is 0 Å². The Morgan fingerprint density at radius 3 is 2.00 bits per heavy atom. The van der Waals surface area contributed by atoms with E-state index < -0.39 is 18.7 Å². The van der Waals surface area contributed by atoms with Crippen molar-refractivity contribution in [1.29, 1.82) is 0 Å². The summed E-state index contributed by atoms with van der Waals surface area (Å²) in [5.41, 5.74) is 0. The second-order valence-corrected chi connectivity index (χ2v) is 1.77. The van der Waals surface area contributed by atoms with E-state index in [1.54, 1.807) is 0 Å². The normalized spacial score (nSPS) is 7.79. The van der Waals surface area contributed by atoms with Crippen molar-refractivity contribution >= 4 is 12.1 Å². The summed E-state index contributed by atoms with van der Waals surface area (Å²) in [5.74, 6) is -0.660. The minimum atomic E-state index is -1.67. The Bertz CT molecular complexity index is 162. The average molecular weight is 222 g/mol. The van der Waals surface area contributed by atoms with Gasteiger partial charge in [-0.25, -0.2) is 0 Å². The second-order valence-electron chi connectivity index (χ2n) is 1.77. The smallest absolute Gasteiger partial charge is 0.854 e. The van der Waals surface area contributed by atoms with Crippen LogP contribution in [-0.4, -0.2) is 31.9 Å². The summed E-state index contributed by atoms with van der Waals surface area (Å²) in [6.07, 6.45) is -1.89. The maximum absolute atomic E-state index is 10.4. The van der Waals surface area contributed by atoms with E-state index in [1.807, 2.05) is 0 Å². The van der Waals surface area contributed by atoms with Crippen LogP contribution < -0.4 is 69.3 Å². The number of carbonyl (C=O) groups excluding carboxylic acids is 2. The summed E-state index contributed by atoms with van der Waals surface area (Å²) in [7, 11) is 0. The number of carboxylic acid groups (broad SMARTS) is 1. The van der Waals surface area contributed by atoms with E-state index in [0.29, 0.717) is 0 Å². The first-order valence-electron chi connectivity index (χ1n) is 3.24. The third-order valence-electron chi connectivity index (χ3n) is 0.872. The van der Waals surface area contributed by atoms with Crippen LogP contribution in [0.4, 0.5) is 4.79 Å². The van der Waals surface area contributed by atoms with Crippen molar-refractivity contribution in [2.75, 3.05) is 19.8 Å². The fraction of sp³-hybridized carbons (Fsp3) is 0.667. The number of ether oxygens (including phenoxy) is 2. The fourth-order valence-electron chi connectivity index (χ4n) is 0.436. The standard InChI is InChI=1S/C6H9O6.2Na/c7-2-1-5(8)11-3-4-12-6(9)10;;/h1-4H2,(H,9,10);;/q-1;2*+1/p-1. The zero-order valence-corrected chi connectivity index (χ0v) is 12.3. The first kappa shape index (κ1) is 20.2. The Morgan fingerprint density at radius 1 is 1.07 bits per heavy atom. The molecule has 0 radical (unpaired) electrons. The number of esters is 1. The molecule has 0 aliphatic heterocycles. The average Bonchev–Trinajstić information content (AvgIpc) is 1.98. The molecule has 0 saturated carbocycles. The van der Waals surface area contributed by atoms with Crippen LogP contribution in [0.25, 0.3) is 0 Å². The third-order valence-corrected chi connectivity index (χ3v) is 0.872. The van der Waals surface area contributed by atoms with Gasteiger partial charge in [0.2, 0.25) is 0 Å². The van der Waals surface area contributed by atoms with Gasteiger partial charge in [0.25, 0.3) is 6.16 Å². The van der Waals surface area contributed by atoms with Crippen molar-refractivity contribution in [3.63, 3.8) is 0 Å². The SMILES string of the molecule is O=C([O-])OCCOC(=O)CC[O-].[Na+].[Na+].